The lowest BCUT2D eigenvalue weighted by molar-refractivity contribution is 0.952. The fourth-order valence-electron chi connectivity index (χ4n) is 7.54. The fourth-order valence-corrected chi connectivity index (χ4v) is 11.1. The van der Waals surface area contributed by atoms with E-state index in [4.69, 9.17) is 30.0 Å². The third-order valence-electron chi connectivity index (χ3n) is 10.2. The summed E-state index contributed by atoms with van der Waals surface area (Å²) in [6.07, 6.45) is 0. The minimum atomic E-state index is -6.75. The third kappa shape index (κ3) is 5.87. The first-order chi connectivity index (χ1) is 45.4. The topological polar surface area (TPSA) is 48.5 Å². The van der Waals surface area contributed by atoms with E-state index >= 15 is 0 Å². The molecule has 0 saturated carbocycles. The van der Waals surface area contributed by atoms with E-state index < -0.39 is 307 Å². The number of benzene rings is 9. The Labute approximate surface area is 413 Å². The first kappa shape index (κ1) is 15.9. The normalized spacial score (nSPS) is 19.4. The Morgan fingerprint density at radius 3 is 1.25 bits per heavy atom. The number of para-hydroxylation sites is 4. The minimum Gasteiger partial charge on any atom is -0.309 e. The molecule has 3 heterocycles. The summed E-state index contributed by atoms with van der Waals surface area (Å²) < 4.78 is 320. The molecule has 9 aromatic carbocycles. The van der Waals surface area contributed by atoms with Crippen LogP contribution in [-0.4, -0.2) is 32.2 Å². The largest absolute Gasteiger partial charge is 0.309 e. The molecule has 0 atom stereocenters. The van der Waals surface area contributed by atoms with E-state index in [1.807, 2.05) is 0 Å². The summed E-state index contributed by atoms with van der Waals surface area (Å²) in [4.78, 5) is 14.3. The van der Waals surface area contributed by atoms with Crippen LogP contribution in [0.3, 0.4) is 0 Å². The summed E-state index contributed by atoms with van der Waals surface area (Å²) in [5.41, 5.74) is -5.23. The maximum Gasteiger partial charge on any atom is 0.238 e. The van der Waals surface area contributed by atoms with Crippen LogP contribution in [0.1, 0.15) is 46.6 Å². The molecule has 0 aliphatic carbocycles. The van der Waals surface area contributed by atoms with Crippen molar-refractivity contribution in [2.45, 2.75) is 0 Å². The van der Waals surface area contributed by atoms with E-state index in [1.165, 1.54) is 30.3 Å². The van der Waals surface area contributed by atoms with Gasteiger partial charge in [0, 0.05) is 32.7 Å². The van der Waals surface area contributed by atoms with Crippen LogP contribution < -0.4 is 20.7 Å². The maximum atomic E-state index is 11.2. The summed E-state index contributed by atoms with van der Waals surface area (Å²) in [7, 11) is -6.75. The second-order valence-corrected chi connectivity index (χ2v) is 16.9. The molecule has 0 N–H and O–H groups in total. The van der Waals surface area contributed by atoms with Gasteiger partial charge in [-0.1, -0.05) is 200 Å². The molecule has 0 radical (unpaired) electrons. The van der Waals surface area contributed by atoms with Gasteiger partial charge >= 0.3 is 0 Å². The van der Waals surface area contributed by atoms with E-state index in [-0.39, 0.29) is 5.56 Å². The van der Waals surface area contributed by atoms with Crippen LogP contribution in [0.2, 0.25) is 0 Å². The van der Waals surface area contributed by atoms with Crippen molar-refractivity contribution in [3.05, 3.63) is 236 Å². The Bertz CT molecular complexity index is 5250. The highest BCUT2D eigenvalue weighted by molar-refractivity contribution is 7.19. The predicted octanol–water partition coefficient (Wildman–Crippen LogP) is 10.8. The Kier molecular flexibility index (Phi) is 3.81. The van der Waals surface area contributed by atoms with Crippen molar-refractivity contribution in [1.82, 2.24) is 24.1 Å². The summed E-state index contributed by atoms with van der Waals surface area (Å²) in [6, 6.07) is -31.9. The van der Waals surface area contributed by atoms with E-state index in [0.717, 1.165) is 4.57 Å². The zero-order chi connectivity index (χ0) is 71.3. The van der Waals surface area contributed by atoms with Gasteiger partial charge in [-0.2, -0.15) is 9.97 Å². The highest BCUT2D eigenvalue weighted by Crippen LogP contribution is 2.37. The molecule has 0 aliphatic rings. The first-order valence-corrected chi connectivity index (χ1v) is 20.6. The van der Waals surface area contributed by atoms with E-state index in [2.05, 4.69) is 0 Å². The highest BCUT2D eigenvalue weighted by Gasteiger charge is 2.42. The van der Waals surface area contributed by atoms with Gasteiger partial charge in [-0.15, -0.1) is 0 Å². The van der Waals surface area contributed by atoms with Gasteiger partial charge in [0.2, 0.25) is 5.95 Å². The monoisotopic (exact) mass is 856 g/mol. The van der Waals surface area contributed by atoms with Gasteiger partial charge in [-0.3, -0.25) is 4.57 Å². The van der Waals surface area contributed by atoms with Crippen molar-refractivity contribution >= 4 is 72.4 Å². The standard InChI is InChI=1S/C57H39N5Si/c1-5-21-40(22-6-1)55-58-56(60-57(59-55)62-52-35-19-15-31-47(52)48-32-16-20-36-53(48)62)49-39-44(37-38-54(49)61-50-33-17-13-29-45(50)46-30-14-18-34-51(46)61)63(41-23-7-2-8-24-41,42-25-9-3-10-26-42)43-27-11-4-12-28-43/h1-39H/i2D,3D,4D,7D,8D,9D,10D,11D,12D,13D,14D,15D,16D,17D,18D,19D,20D,23D,24D,25D,26D,27D,28D,29D,30D,31D,32D,33D,34D,35D,36D,37D,38D,39D. The zero-order valence-electron chi connectivity index (χ0n) is 65.6. The lowest BCUT2D eigenvalue weighted by Gasteiger charge is -2.35. The summed E-state index contributed by atoms with van der Waals surface area (Å²) in [5, 5.41) is -7.55. The molecule has 0 amide bonds. The molecule has 0 unspecified atom stereocenters. The zero-order valence-corrected chi connectivity index (χ0v) is 32.6. The van der Waals surface area contributed by atoms with Crippen molar-refractivity contribution < 1.29 is 46.6 Å². The number of hydrogen-bond acceptors (Lipinski definition) is 3. The number of hydrogen-bond donors (Lipinski definition) is 0. The predicted molar refractivity (Wildman–Crippen MR) is 263 cm³/mol. The average Bonchev–Trinajstić information content (AvgIpc) is 1.68. The number of nitrogens with zero attached hydrogens (tertiary/aromatic N) is 5. The van der Waals surface area contributed by atoms with Crippen LogP contribution in [0.4, 0.5) is 0 Å². The van der Waals surface area contributed by atoms with Crippen LogP contribution in [0.25, 0.3) is 78.0 Å². The molecule has 296 valence electrons. The van der Waals surface area contributed by atoms with Gasteiger partial charge in [-0.25, -0.2) is 4.98 Å². The number of aromatic nitrogens is 5. The van der Waals surface area contributed by atoms with Gasteiger partial charge in [0.1, 0.15) is 0 Å². The Morgan fingerprint density at radius 2 is 0.778 bits per heavy atom. The minimum absolute atomic E-state index is 0.0327. The molecule has 0 aliphatic heterocycles. The quantitative estimate of drug-likeness (QED) is 0.113. The molecular weight excluding hydrogens is 783 g/mol. The molecule has 0 saturated heterocycles. The summed E-state index contributed by atoms with van der Waals surface area (Å²) in [5.74, 6) is -2.55. The molecule has 0 fully saturated rings. The van der Waals surface area contributed by atoms with E-state index in [0.29, 0.717) is 4.57 Å². The van der Waals surface area contributed by atoms with E-state index in [1.54, 1.807) is 0 Å². The fraction of sp³-hybridized carbons (Fsp3) is 0. The lowest BCUT2D eigenvalue weighted by Crippen LogP contribution is -2.74. The van der Waals surface area contributed by atoms with Gasteiger partial charge in [-0.05, 0) is 57.0 Å². The molecule has 12 aromatic rings. The highest BCUT2D eigenvalue weighted by atomic mass is 28.3. The van der Waals surface area contributed by atoms with Gasteiger partial charge in [0.05, 0.1) is 74.4 Å². The lowest BCUT2D eigenvalue weighted by atomic mass is 10.1. The van der Waals surface area contributed by atoms with Crippen molar-refractivity contribution in [3.8, 4) is 34.4 Å². The maximum absolute atomic E-state index is 11.2. The third-order valence-corrected chi connectivity index (χ3v) is 14.2. The van der Waals surface area contributed by atoms with Crippen molar-refractivity contribution in [3.63, 3.8) is 0 Å². The Balaban J connectivity index is 1.48. The molecule has 63 heavy (non-hydrogen) atoms. The van der Waals surface area contributed by atoms with Crippen LogP contribution in [0.5, 0.6) is 0 Å². The molecule has 0 bridgehead atoms. The van der Waals surface area contributed by atoms with Crippen molar-refractivity contribution in [2.24, 2.45) is 0 Å². The average molecular weight is 856 g/mol. The van der Waals surface area contributed by atoms with Crippen LogP contribution in [0, 0.1) is 0 Å². The van der Waals surface area contributed by atoms with Crippen LogP contribution >= 0.6 is 0 Å². The van der Waals surface area contributed by atoms with Gasteiger partial charge < -0.3 is 4.57 Å². The second-order valence-electron chi connectivity index (χ2n) is 13.4. The molecule has 6 heteroatoms. The summed E-state index contributed by atoms with van der Waals surface area (Å²) >= 11 is 0. The van der Waals surface area contributed by atoms with Crippen molar-refractivity contribution in [2.75, 3.05) is 0 Å². The SMILES string of the molecule is [2H]c1c([2H])c([2H])c([Si](c2c([2H])c([2H])c([2H])c([2H])c2[2H])(c2c([2H])c([2H])c([2H])c([2H])c2[2H])c2c([2H])c([2H])c(-n3c4c([2H])c([2H])c([2H])c([2H])c4c4c([2H])c([2H])c([2H])c([2H])c43)c(-c3nc(-c4ccccc4)nc(-n4c5c([2H])c([2H])c([2H])c([2H])c5c5c([2H])c([2H])c([2H])c([2H])c54)n3)c2[2H])c([2H])c1[2H]. The Morgan fingerprint density at radius 1 is 0.365 bits per heavy atom. The Hall–Kier alpha value is -8.19. The number of fused-ring (bicyclic) bond motifs is 6. The summed E-state index contributed by atoms with van der Waals surface area (Å²) in [6.45, 7) is 0. The molecule has 3 aromatic heterocycles. The van der Waals surface area contributed by atoms with Crippen LogP contribution in [-0.2, 0) is 0 Å². The van der Waals surface area contributed by atoms with Gasteiger partial charge in [0.15, 0.2) is 19.7 Å². The van der Waals surface area contributed by atoms with Gasteiger partial charge in [0.25, 0.3) is 0 Å². The van der Waals surface area contributed by atoms with Crippen molar-refractivity contribution in [1.29, 1.82) is 0 Å². The number of rotatable bonds is 8. The molecular formula is C57H39N5Si. The first-order valence-electron chi connectivity index (χ1n) is 35.6. The smallest absolute Gasteiger partial charge is 0.238 e. The van der Waals surface area contributed by atoms with E-state index in [9.17, 15) is 31.5 Å². The molecule has 12 rings (SSSR count). The molecule has 0 spiro atoms. The van der Waals surface area contributed by atoms with Crippen LogP contribution in [0.15, 0.2) is 236 Å². The molecule has 5 nitrogen and oxygen atoms in total. The second kappa shape index (κ2) is 15.1.